The molecule has 3 atom stereocenters. The van der Waals surface area contributed by atoms with Crippen LogP contribution >= 0.6 is 11.3 Å². The average molecular weight is 484 g/mol. The number of fused-ring (bicyclic) bond motifs is 2. The predicted molar refractivity (Wildman–Crippen MR) is 128 cm³/mol. The van der Waals surface area contributed by atoms with Crippen LogP contribution in [0.15, 0.2) is 35.7 Å². The Hall–Kier alpha value is -2.91. The fourth-order valence-electron chi connectivity index (χ4n) is 4.56. The topological polar surface area (TPSA) is 97.0 Å². The van der Waals surface area contributed by atoms with E-state index in [1.54, 1.807) is 36.2 Å². The summed E-state index contributed by atoms with van der Waals surface area (Å²) in [6.45, 7) is 1.04. The highest BCUT2D eigenvalue weighted by Crippen LogP contribution is 2.33. The number of benzene rings is 1. The van der Waals surface area contributed by atoms with E-state index in [1.807, 2.05) is 11.4 Å². The van der Waals surface area contributed by atoms with Gasteiger partial charge in [0.05, 0.1) is 29.0 Å². The highest BCUT2D eigenvalue weighted by Gasteiger charge is 2.39. The number of nitrogens with zero attached hydrogens (tertiary/aromatic N) is 1. The van der Waals surface area contributed by atoms with E-state index in [0.717, 1.165) is 13.0 Å². The Morgan fingerprint density at radius 2 is 2.03 bits per heavy atom. The van der Waals surface area contributed by atoms with Crippen LogP contribution in [0, 0.1) is 5.92 Å². The first-order valence-corrected chi connectivity index (χ1v) is 12.7. The molecule has 1 aromatic carbocycles. The second kappa shape index (κ2) is 9.76. The maximum atomic E-state index is 13.3. The van der Waals surface area contributed by atoms with Gasteiger partial charge in [0.25, 0.3) is 11.8 Å². The lowest BCUT2D eigenvalue weighted by Gasteiger charge is -2.42. The average Bonchev–Trinajstić information content (AvgIpc) is 3.50. The lowest BCUT2D eigenvalue weighted by Crippen LogP contribution is -2.54. The Morgan fingerprint density at radius 1 is 1.18 bits per heavy atom. The molecule has 2 fully saturated rings. The third-order valence-electron chi connectivity index (χ3n) is 6.71. The lowest BCUT2D eigenvalue weighted by molar-refractivity contribution is -0.134. The van der Waals surface area contributed by atoms with E-state index >= 15 is 0 Å². The summed E-state index contributed by atoms with van der Waals surface area (Å²) in [7, 11) is 1.78. The van der Waals surface area contributed by atoms with Gasteiger partial charge in [-0.3, -0.25) is 14.4 Å². The number of hydrogen-bond acceptors (Lipinski definition) is 6. The standard InChI is InChI=1S/C25H29N3O5S/c1-28-19-8-7-17(12-23(29)26-13-15-4-5-15)33-21(19)14-32-20-9-6-16(11-18(20)25(28)31)27-24(30)22-3-2-10-34-22/h2-3,6,9-11,15,17,19,21H,4-5,7-8,12-14H2,1H3,(H,26,29)(H,27,30)/t17-,19-,21-/m0/s1. The maximum absolute atomic E-state index is 13.3. The minimum atomic E-state index is -0.310. The van der Waals surface area contributed by atoms with Gasteiger partial charge in [0.2, 0.25) is 5.91 Å². The smallest absolute Gasteiger partial charge is 0.265 e. The first-order valence-electron chi connectivity index (χ1n) is 11.8. The Bertz CT molecular complexity index is 1070. The Morgan fingerprint density at radius 3 is 2.79 bits per heavy atom. The summed E-state index contributed by atoms with van der Waals surface area (Å²) >= 11 is 1.36. The summed E-state index contributed by atoms with van der Waals surface area (Å²) in [5.41, 5.74) is 0.947. The van der Waals surface area contributed by atoms with Crippen LogP contribution in [0.1, 0.15) is 52.1 Å². The second-order valence-electron chi connectivity index (χ2n) is 9.26. The number of carbonyl (C=O) groups excluding carboxylic acids is 3. The zero-order valence-corrected chi connectivity index (χ0v) is 19.9. The van der Waals surface area contributed by atoms with Crippen LogP contribution in [-0.2, 0) is 9.53 Å². The van der Waals surface area contributed by atoms with Gasteiger partial charge in [0.1, 0.15) is 18.5 Å². The maximum Gasteiger partial charge on any atom is 0.265 e. The van der Waals surface area contributed by atoms with Crippen molar-refractivity contribution in [2.75, 3.05) is 25.5 Å². The van der Waals surface area contributed by atoms with Gasteiger partial charge < -0.3 is 25.0 Å². The molecule has 9 heteroatoms. The molecule has 0 spiro atoms. The van der Waals surface area contributed by atoms with Gasteiger partial charge in [0, 0.05) is 19.3 Å². The molecule has 2 N–H and O–H groups in total. The summed E-state index contributed by atoms with van der Waals surface area (Å²) < 4.78 is 12.2. The number of thiophene rings is 1. The van der Waals surface area contributed by atoms with E-state index in [1.165, 1.54) is 24.2 Å². The summed E-state index contributed by atoms with van der Waals surface area (Å²) in [6, 6.07) is 8.53. The summed E-state index contributed by atoms with van der Waals surface area (Å²) in [6.07, 6.45) is 3.69. The van der Waals surface area contributed by atoms with Gasteiger partial charge in [-0.1, -0.05) is 6.07 Å². The van der Waals surface area contributed by atoms with Crippen LogP contribution in [0.3, 0.4) is 0 Å². The van der Waals surface area contributed by atoms with Crippen molar-refractivity contribution < 1.29 is 23.9 Å². The molecule has 8 nitrogen and oxygen atoms in total. The molecule has 2 aromatic rings. The van der Waals surface area contributed by atoms with Crippen molar-refractivity contribution in [1.29, 1.82) is 0 Å². The highest BCUT2D eigenvalue weighted by molar-refractivity contribution is 7.12. The summed E-state index contributed by atoms with van der Waals surface area (Å²) in [5, 5.41) is 7.69. The normalized spacial score (nSPS) is 24.2. The third-order valence-corrected chi connectivity index (χ3v) is 7.58. The van der Waals surface area contributed by atoms with Gasteiger partial charge in [-0.2, -0.15) is 0 Å². The lowest BCUT2D eigenvalue weighted by atomic mass is 9.94. The Labute approximate surface area is 202 Å². The van der Waals surface area contributed by atoms with Crippen molar-refractivity contribution in [1.82, 2.24) is 10.2 Å². The number of amides is 3. The monoisotopic (exact) mass is 483 g/mol. The molecule has 180 valence electrons. The fourth-order valence-corrected chi connectivity index (χ4v) is 5.18. The van der Waals surface area contributed by atoms with E-state index in [4.69, 9.17) is 9.47 Å². The van der Waals surface area contributed by atoms with E-state index < -0.39 is 0 Å². The minimum Gasteiger partial charge on any atom is -0.490 e. The molecular weight excluding hydrogens is 454 g/mol. The van der Waals surface area contributed by atoms with Crippen LogP contribution in [0.25, 0.3) is 0 Å². The molecule has 1 saturated carbocycles. The van der Waals surface area contributed by atoms with Crippen molar-refractivity contribution in [3.05, 3.63) is 46.2 Å². The largest absolute Gasteiger partial charge is 0.490 e. The molecule has 2 aliphatic heterocycles. The molecule has 5 rings (SSSR count). The van der Waals surface area contributed by atoms with Crippen LogP contribution < -0.4 is 15.4 Å². The number of anilines is 1. The summed E-state index contributed by atoms with van der Waals surface area (Å²) in [5.74, 6) is 0.729. The molecule has 3 amide bonds. The van der Waals surface area contributed by atoms with Gasteiger partial charge in [-0.25, -0.2) is 0 Å². The van der Waals surface area contributed by atoms with Gasteiger partial charge in [-0.15, -0.1) is 11.3 Å². The molecule has 3 aliphatic rings. The molecule has 0 radical (unpaired) electrons. The van der Waals surface area contributed by atoms with Crippen molar-refractivity contribution >= 4 is 34.7 Å². The van der Waals surface area contributed by atoms with Crippen LogP contribution in [0.5, 0.6) is 5.75 Å². The summed E-state index contributed by atoms with van der Waals surface area (Å²) in [4.78, 5) is 40.3. The second-order valence-corrected chi connectivity index (χ2v) is 10.2. The first kappa shape index (κ1) is 22.9. The molecule has 0 unspecified atom stereocenters. The Kier molecular flexibility index (Phi) is 6.56. The molecule has 1 aromatic heterocycles. The quantitative estimate of drug-likeness (QED) is 0.657. The molecule has 1 aliphatic carbocycles. The first-order chi connectivity index (χ1) is 16.5. The van der Waals surface area contributed by atoms with Gasteiger partial charge >= 0.3 is 0 Å². The van der Waals surface area contributed by atoms with E-state index in [2.05, 4.69) is 10.6 Å². The minimum absolute atomic E-state index is 0.0222. The third kappa shape index (κ3) is 5.10. The van der Waals surface area contributed by atoms with Crippen molar-refractivity contribution in [3.63, 3.8) is 0 Å². The number of carbonyl (C=O) groups is 3. The van der Waals surface area contributed by atoms with Gasteiger partial charge in [0.15, 0.2) is 0 Å². The number of hydrogen-bond donors (Lipinski definition) is 2. The van der Waals surface area contributed by atoms with Crippen LogP contribution in [-0.4, -0.2) is 61.1 Å². The number of ether oxygens (including phenoxy) is 2. The van der Waals surface area contributed by atoms with Crippen molar-refractivity contribution in [2.24, 2.45) is 5.92 Å². The molecule has 1 saturated heterocycles. The molecular formula is C25H29N3O5S. The number of rotatable bonds is 6. The van der Waals surface area contributed by atoms with Crippen molar-refractivity contribution in [2.45, 2.75) is 50.4 Å². The zero-order valence-electron chi connectivity index (χ0n) is 19.1. The van der Waals surface area contributed by atoms with Crippen LogP contribution in [0.4, 0.5) is 5.69 Å². The molecule has 3 heterocycles. The van der Waals surface area contributed by atoms with E-state index in [9.17, 15) is 14.4 Å². The number of nitrogens with one attached hydrogen (secondary N) is 2. The van der Waals surface area contributed by atoms with E-state index in [0.29, 0.717) is 40.6 Å². The zero-order chi connectivity index (χ0) is 23.7. The molecule has 34 heavy (non-hydrogen) atoms. The number of likely N-dealkylation sites (N-methyl/N-ethyl adjacent to an activating group) is 1. The van der Waals surface area contributed by atoms with Crippen LogP contribution in [0.2, 0.25) is 0 Å². The van der Waals surface area contributed by atoms with Crippen molar-refractivity contribution in [3.8, 4) is 5.75 Å². The SMILES string of the molecule is CN1C(=O)c2cc(NC(=O)c3cccs3)ccc2OC[C@@H]2O[C@H](CC(=O)NCC3CC3)CC[C@@H]21. The van der Waals surface area contributed by atoms with E-state index in [-0.39, 0.29) is 42.6 Å². The molecule has 0 bridgehead atoms. The Balaban J connectivity index is 1.25. The highest BCUT2D eigenvalue weighted by atomic mass is 32.1. The predicted octanol–water partition coefficient (Wildman–Crippen LogP) is 3.30. The van der Waals surface area contributed by atoms with Gasteiger partial charge in [-0.05, 0) is 61.2 Å². The fraction of sp³-hybridized carbons (Fsp3) is 0.480.